The number of halogens is 2. The number of alkyl halides is 2. The quantitative estimate of drug-likeness (QED) is 0.125. The molecule has 0 saturated carbocycles. The van der Waals surface area contributed by atoms with Crippen LogP contribution in [0.5, 0.6) is 0 Å². The van der Waals surface area contributed by atoms with E-state index in [0.717, 1.165) is 12.8 Å². The van der Waals surface area contributed by atoms with Crippen LogP contribution in [0.1, 0.15) is 104 Å². The number of hydrogen-bond donors (Lipinski definition) is 0. The smallest absolute Gasteiger partial charge is 0.305 e. The van der Waals surface area contributed by atoms with Crippen LogP contribution in [0.4, 0.5) is 0 Å². The van der Waals surface area contributed by atoms with Crippen molar-refractivity contribution in [3.05, 3.63) is 0 Å². The standard InChI is InChI=1S/C20H38Br2O2/c1-3-5-6-7-9-12-15-18(21)19(22)16-13-10-8-11-14-17-20(23)24-4-2/h18-19H,3-17H2,1-2H3. The van der Waals surface area contributed by atoms with Crippen molar-refractivity contribution in [1.82, 2.24) is 0 Å². The summed E-state index contributed by atoms with van der Waals surface area (Å²) in [5, 5.41) is 0. The van der Waals surface area contributed by atoms with Crippen LogP contribution in [0.3, 0.4) is 0 Å². The molecule has 0 spiro atoms. The second kappa shape index (κ2) is 18.2. The highest BCUT2D eigenvalue weighted by Crippen LogP contribution is 2.25. The van der Waals surface area contributed by atoms with Crippen LogP contribution in [0, 0.1) is 0 Å². The van der Waals surface area contributed by atoms with Gasteiger partial charge in [-0.15, -0.1) is 0 Å². The number of carbonyl (C=O) groups is 1. The molecule has 0 aromatic rings. The maximum absolute atomic E-state index is 11.2. The van der Waals surface area contributed by atoms with E-state index in [1.165, 1.54) is 70.6 Å². The molecule has 2 atom stereocenters. The van der Waals surface area contributed by atoms with E-state index in [-0.39, 0.29) is 5.97 Å². The van der Waals surface area contributed by atoms with Crippen molar-refractivity contribution in [1.29, 1.82) is 0 Å². The third-order valence-corrected chi connectivity index (χ3v) is 7.29. The molecular formula is C20H38Br2O2. The largest absolute Gasteiger partial charge is 0.466 e. The number of rotatable bonds is 17. The van der Waals surface area contributed by atoms with Gasteiger partial charge in [-0.2, -0.15) is 0 Å². The zero-order valence-corrected chi connectivity index (χ0v) is 19.0. The Morgan fingerprint density at radius 1 is 0.750 bits per heavy atom. The summed E-state index contributed by atoms with van der Waals surface area (Å²) in [7, 11) is 0. The van der Waals surface area contributed by atoms with Crippen molar-refractivity contribution in [3.8, 4) is 0 Å². The lowest BCUT2D eigenvalue weighted by Gasteiger charge is -2.16. The number of esters is 1. The van der Waals surface area contributed by atoms with Crippen LogP contribution < -0.4 is 0 Å². The molecule has 144 valence electrons. The minimum Gasteiger partial charge on any atom is -0.466 e. The van der Waals surface area contributed by atoms with Gasteiger partial charge in [0, 0.05) is 16.1 Å². The summed E-state index contributed by atoms with van der Waals surface area (Å²) in [6.07, 6.45) is 17.2. The molecule has 0 aliphatic heterocycles. The fraction of sp³-hybridized carbons (Fsp3) is 0.950. The molecule has 4 heteroatoms. The number of hydrogen-bond acceptors (Lipinski definition) is 2. The maximum atomic E-state index is 11.2. The van der Waals surface area contributed by atoms with Crippen LogP contribution >= 0.6 is 31.9 Å². The molecule has 0 bridgehead atoms. The molecular weight excluding hydrogens is 432 g/mol. The Morgan fingerprint density at radius 3 is 1.71 bits per heavy atom. The van der Waals surface area contributed by atoms with E-state index in [4.69, 9.17) is 4.74 Å². The van der Waals surface area contributed by atoms with Crippen molar-refractivity contribution in [2.24, 2.45) is 0 Å². The Hall–Kier alpha value is 0.430. The van der Waals surface area contributed by atoms with Crippen LogP contribution in [-0.2, 0) is 9.53 Å². The van der Waals surface area contributed by atoms with Gasteiger partial charge in [-0.1, -0.05) is 103 Å². The van der Waals surface area contributed by atoms with E-state index >= 15 is 0 Å². The number of carbonyl (C=O) groups excluding carboxylic acids is 1. The van der Waals surface area contributed by atoms with Crippen molar-refractivity contribution >= 4 is 37.8 Å². The van der Waals surface area contributed by atoms with Crippen LogP contribution in [0.15, 0.2) is 0 Å². The lowest BCUT2D eigenvalue weighted by Crippen LogP contribution is -2.13. The van der Waals surface area contributed by atoms with Gasteiger partial charge < -0.3 is 4.74 Å². The van der Waals surface area contributed by atoms with Crippen LogP contribution in [-0.4, -0.2) is 22.2 Å². The van der Waals surface area contributed by atoms with E-state index in [1.54, 1.807) is 0 Å². The highest BCUT2D eigenvalue weighted by atomic mass is 79.9. The van der Waals surface area contributed by atoms with Crippen molar-refractivity contribution in [2.75, 3.05) is 6.61 Å². The predicted octanol–water partition coefficient (Wildman–Crippen LogP) is 7.56. The summed E-state index contributed by atoms with van der Waals surface area (Å²) in [6.45, 7) is 4.63. The first-order chi connectivity index (χ1) is 11.6. The molecule has 0 aliphatic carbocycles. The molecule has 0 saturated heterocycles. The molecule has 0 fully saturated rings. The summed E-state index contributed by atoms with van der Waals surface area (Å²) in [5.74, 6) is -0.0464. The van der Waals surface area contributed by atoms with Gasteiger partial charge in [-0.05, 0) is 26.2 Å². The molecule has 2 nitrogen and oxygen atoms in total. The monoisotopic (exact) mass is 468 g/mol. The van der Waals surface area contributed by atoms with E-state index in [9.17, 15) is 4.79 Å². The summed E-state index contributed by atoms with van der Waals surface area (Å²) in [5.41, 5.74) is 0. The maximum Gasteiger partial charge on any atom is 0.305 e. The second-order valence-electron chi connectivity index (χ2n) is 6.70. The Balaban J connectivity index is 3.41. The Morgan fingerprint density at radius 2 is 1.21 bits per heavy atom. The third-order valence-electron chi connectivity index (χ3n) is 4.39. The molecule has 0 aromatic heterocycles. The highest BCUT2D eigenvalue weighted by molar-refractivity contribution is 9.12. The van der Waals surface area contributed by atoms with Gasteiger partial charge in [0.1, 0.15) is 0 Å². The first kappa shape index (κ1) is 24.4. The van der Waals surface area contributed by atoms with Gasteiger partial charge in [0.25, 0.3) is 0 Å². The third kappa shape index (κ3) is 15.9. The number of unbranched alkanes of at least 4 members (excludes halogenated alkanes) is 9. The Labute approximate surface area is 167 Å². The van der Waals surface area contributed by atoms with Gasteiger partial charge in [-0.3, -0.25) is 4.79 Å². The molecule has 0 amide bonds. The first-order valence-electron chi connectivity index (χ1n) is 10.1. The molecule has 24 heavy (non-hydrogen) atoms. The lowest BCUT2D eigenvalue weighted by molar-refractivity contribution is -0.143. The zero-order chi connectivity index (χ0) is 18.0. The molecule has 0 heterocycles. The van der Waals surface area contributed by atoms with Crippen LogP contribution in [0.25, 0.3) is 0 Å². The van der Waals surface area contributed by atoms with E-state index in [1.807, 2.05) is 6.92 Å². The minimum absolute atomic E-state index is 0.0464. The van der Waals surface area contributed by atoms with Gasteiger partial charge >= 0.3 is 5.97 Å². The van der Waals surface area contributed by atoms with Gasteiger partial charge in [0.05, 0.1) is 6.61 Å². The first-order valence-corrected chi connectivity index (χ1v) is 11.9. The Bertz CT molecular complexity index is 285. The van der Waals surface area contributed by atoms with Crippen molar-refractivity contribution in [3.63, 3.8) is 0 Å². The average molecular weight is 470 g/mol. The normalized spacial score (nSPS) is 13.7. The van der Waals surface area contributed by atoms with Crippen molar-refractivity contribution in [2.45, 2.75) is 113 Å². The topological polar surface area (TPSA) is 26.3 Å². The molecule has 0 N–H and O–H groups in total. The average Bonchev–Trinajstić information content (AvgIpc) is 2.56. The zero-order valence-electron chi connectivity index (χ0n) is 15.8. The van der Waals surface area contributed by atoms with E-state index < -0.39 is 0 Å². The fourth-order valence-electron chi connectivity index (χ4n) is 2.85. The SMILES string of the molecule is CCCCCCCCC(Br)C(Br)CCCCCCCC(=O)OCC. The van der Waals surface area contributed by atoms with Gasteiger partial charge in [0.2, 0.25) is 0 Å². The van der Waals surface area contributed by atoms with Crippen molar-refractivity contribution < 1.29 is 9.53 Å². The highest BCUT2D eigenvalue weighted by Gasteiger charge is 2.14. The summed E-state index contributed by atoms with van der Waals surface area (Å²) < 4.78 is 4.94. The summed E-state index contributed by atoms with van der Waals surface area (Å²) in [4.78, 5) is 12.4. The summed E-state index contributed by atoms with van der Waals surface area (Å²) in [6, 6.07) is 0. The minimum atomic E-state index is -0.0464. The predicted molar refractivity (Wildman–Crippen MR) is 112 cm³/mol. The second-order valence-corrected chi connectivity index (χ2v) is 9.05. The van der Waals surface area contributed by atoms with Gasteiger partial charge in [0.15, 0.2) is 0 Å². The molecule has 0 radical (unpaired) electrons. The molecule has 0 aliphatic rings. The molecule has 0 aromatic carbocycles. The van der Waals surface area contributed by atoms with Gasteiger partial charge in [-0.25, -0.2) is 0 Å². The number of ether oxygens (including phenoxy) is 1. The van der Waals surface area contributed by atoms with E-state index in [0.29, 0.717) is 22.7 Å². The van der Waals surface area contributed by atoms with E-state index in [2.05, 4.69) is 38.8 Å². The lowest BCUT2D eigenvalue weighted by atomic mass is 10.0. The Kier molecular flexibility index (Phi) is 18.6. The molecule has 2 unspecified atom stereocenters. The molecule has 0 rings (SSSR count). The fourth-order valence-corrected chi connectivity index (χ4v) is 4.03. The summed E-state index contributed by atoms with van der Waals surface area (Å²) >= 11 is 7.70. The van der Waals surface area contributed by atoms with Crippen LogP contribution in [0.2, 0.25) is 0 Å².